The Labute approximate surface area is 144 Å². The number of carbonyl (C=O) groups is 2. The second-order valence-corrected chi connectivity index (χ2v) is 7.58. The fourth-order valence-electron chi connectivity index (χ4n) is 1.43. The Hall–Kier alpha value is -1.91. The molecule has 0 unspecified atom stereocenters. The monoisotopic (exact) mass is 379 g/mol. The minimum Gasteiger partial charge on any atom is -0.468 e. The van der Waals surface area contributed by atoms with Gasteiger partial charge >= 0.3 is 12.1 Å². The quantitative estimate of drug-likeness (QED) is 0.587. The molecule has 0 atom stereocenters. The molecule has 0 saturated heterocycles. The molecule has 0 radical (unpaired) electrons. The van der Waals surface area contributed by atoms with Gasteiger partial charge in [-0.2, -0.15) is 4.72 Å². The van der Waals surface area contributed by atoms with Crippen LogP contribution in [0.2, 0.25) is 5.15 Å². The van der Waals surface area contributed by atoms with E-state index in [-0.39, 0.29) is 10.8 Å². The van der Waals surface area contributed by atoms with E-state index in [2.05, 4.69) is 15.0 Å². The molecule has 0 aromatic carbocycles. The molecule has 1 aromatic heterocycles. The van der Waals surface area contributed by atoms with Crippen molar-refractivity contribution in [2.24, 2.45) is 0 Å². The molecule has 2 N–H and O–H groups in total. The molecule has 0 bridgehead atoms. The van der Waals surface area contributed by atoms with Crippen molar-refractivity contribution < 1.29 is 27.5 Å². The van der Waals surface area contributed by atoms with Gasteiger partial charge in [0.05, 0.1) is 12.8 Å². The van der Waals surface area contributed by atoms with Crippen molar-refractivity contribution >= 4 is 39.4 Å². The van der Waals surface area contributed by atoms with E-state index in [0.717, 1.165) is 7.11 Å². The first-order chi connectivity index (χ1) is 10.9. The number of rotatable bonds is 5. The minimum absolute atomic E-state index is 0.108. The zero-order chi connectivity index (χ0) is 18.5. The van der Waals surface area contributed by atoms with Crippen molar-refractivity contribution in [1.29, 1.82) is 0 Å². The van der Waals surface area contributed by atoms with Crippen molar-refractivity contribution in [3.05, 3.63) is 17.3 Å². The third-order valence-electron chi connectivity index (χ3n) is 2.35. The molecule has 0 fully saturated rings. The topological polar surface area (TPSA) is 124 Å². The smallest absolute Gasteiger partial charge is 0.412 e. The number of pyridine rings is 1. The van der Waals surface area contributed by atoms with E-state index in [1.807, 2.05) is 4.72 Å². The van der Waals surface area contributed by atoms with Crippen LogP contribution in [0.3, 0.4) is 0 Å². The summed E-state index contributed by atoms with van der Waals surface area (Å²) in [5.41, 5.74) is -0.919. The van der Waals surface area contributed by atoms with Crippen LogP contribution in [-0.4, -0.2) is 44.7 Å². The average Bonchev–Trinajstić information content (AvgIpc) is 2.44. The number of hydrogen-bond donors (Lipinski definition) is 2. The van der Waals surface area contributed by atoms with Crippen LogP contribution in [0.1, 0.15) is 20.8 Å². The maximum Gasteiger partial charge on any atom is 0.412 e. The second kappa shape index (κ2) is 7.77. The lowest BCUT2D eigenvalue weighted by Crippen LogP contribution is -2.32. The van der Waals surface area contributed by atoms with E-state index < -0.39 is 39.3 Å². The molecule has 1 amide bonds. The Morgan fingerprint density at radius 2 is 1.92 bits per heavy atom. The zero-order valence-electron chi connectivity index (χ0n) is 13.5. The van der Waals surface area contributed by atoms with Gasteiger partial charge in [-0.25, -0.2) is 18.2 Å². The first-order valence-electron chi connectivity index (χ1n) is 6.67. The van der Waals surface area contributed by atoms with E-state index in [1.165, 1.54) is 12.1 Å². The highest BCUT2D eigenvalue weighted by molar-refractivity contribution is 7.89. The summed E-state index contributed by atoms with van der Waals surface area (Å²) >= 11 is 5.72. The lowest BCUT2D eigenvalue weighted by molar-refractivity contribution is -0.139. The highest BCUT2D eigenvalue weighted by Gasteiger charge is 2.25. The van der Waals surface area contributed by atoms with Crippen molar-refractivity contribution in [3.63, 3.8) is 0 Å². The Balaban J connectivity index is 3.08. The standard InChI is InChI=1S/C13H18ClN3O6S/c1-13(2,3)23-12(19)16-8-5-6-9(14)17-11(8)24(20,21)15-7-10(18)22-4/h5-6,15H,7H2,1-4H3,(H,16,19). The SMILES string of the molecule is COC(=O)CNS(=O)(=O)c1nc(Cl)ccc1NC(=O)OC(C)(C)C. The number of halogens is 1. The maximum absolute atomic E-state index is 12.3. The fourth-order valence-corrected chi connectivity index (χ4v) is 2.70. The van der Waals surface area contributed by atoms with Crippen molar-refractivity contribution in [3.8, 4) is 0 Å². The van der Waals surface area contributed by atoms with Crippen LogP contribution in [0, 0.1) is 0 Å². The maximum atomic E-state index is 12.3. The summed E-state index contributed by atoms with van der Waals surface area (Å²) in [7, 11) is -3.11. The van der Waals surface area contributed by atoms with Gasteiger partial charge in [-0.05, 0) is 32.9 Å². The minimum atomic E-state index is -4.22. The Bertz CT molecular complexity index is 730. The van der Waals surface area contributed by atoms with Crippen molar-refractivity contribution in [2.45, 2.75) is 31.4 Å². The van der Waals surface area contributed by atoms with E-state index >= 15 is 0 Å². The second-order valence-electron chi connectivity index (χ2n) is 5.51. The van der Waals surface area contributed by atoms with Crippen molar-refractivity contribution in [1.82, 2.24) is 9.71 Å². The average molecular weight is 380 g/mol. The molecule has 9 nitrogen and oxygen atoms in total. The number of ether oxygens (including phenoxy) is 2. The lowest BCUT2D eigenvalue weighted by atomic mass is 10.2. The number of nitrogens with zero attached hydrogens (tertiary/aromatic N) is 1. The molecule has 1 heterocycles. The number of aromatic nitrogens is 1. The lowest BCUT2D eigenvalue weighted by Gasteiger charge is -2.20. The molecular weight excluding hydrogens is 362 g/mol. The van der Waals surface area contributed by atoms with Gasteiger partial charge in [0.25, 0.3) is 10.0 Å². The van der Waals surface area contributed by atoms with Gasteiger partial charge in [0.15, 0.2) is 5.03 Å². The third kappa shape index (κ3) is 6.30. The third-order valence-corrected chi connectivity index (χ3v) is 3.91. The van der Waals surface area contributed by atoms with Crippen molar-refractivity contribution in [2.75, 3.05) is 19.0 Å². The van der Waals surface area contributed by atoms with Crippen LogP contribution >= 0.6 is 11.6 Å². The number of anilines is 1. The van der Waals surface area contributed by atoms with E-state index in [1.54, 1.807) is 20.8 Å². The molecular formula is C13H18ClN3O6S. The van der Waals surface area contributed by atoms with Gasteiger partial charge in [-0.15, -0.1) is 0 Å². The zero-order valence-corrected chi connectivity index (χ0v) is 15.1. The van der Waals surface area contributed by atoms with E-state index in [9.17, 15) is 18.0 Å². The summed E-state index contributed by atoms with van der Waals surface area (Å²) in [6.45, 7) is 4.37. The normalized spacial score (nSPS) is 11.7. The molecule has 0 aliphatic heterocycles. The molecule has 0 spiro atoms. The number of amides is 1. The van der Waals surface area contributed by atoms with E-state index in [4.69, 9.17) is 16.3 Å². The first kappa shape index (κ1) is 20.1. The van der Waals surface area contributed by atoms with Gasteiger partial charge in [-0.3, -0.25) is 10.1 Å². The van der Waals surface area contributed by atoms with Crippen LogP contribution < -0.4 is 10.0 Å². The summed E-state index contributed by atoms with van der Waals surface area (Å²) in [5.74, 6) is -0.790. The first-order valence-corrected chi connectivity index (χ1v) is 8.54. The highest BCUT2D eigenvalue weighted by atomic mass is 35.5. The number of carbonyl (C=O) groups excluding carboxylic acids is 2. The molecule has 24 heavy (non-hydrogen) atoms. The van der Waals surface area contributed by atoms with Gasteiger partial charge in [0.1, 0.15) is 17.3 Å². The largest absolute Gasteiger partial charge is 0.468 e. The number of sulfonamides is 1. The Morgan fingerprint density at radius 3 is 2.46 bits per heavy atom. The van der Waals surface area contributed by atoms with Crippen LogP contribution in [-0.2, 0) is 24.3 Å². The summed E-state index contributed by atoms with van der Waals surface area (Å²) in [6, 6.07) is 2.56. The molecule has 0 aliphatic carbocycles. The summed E-state index contributed by atoms with van der Waals surface area (Å²) in [4.78, 5) is 26.6. The molecule has 134 valence electrons. The summed E-state index contributed by atoms with van der Waals surface area (Å²) in [6.07, 6.45) is -0.865. The molecule has 1 rings (SSSR count). The van der Waals surface area contributed by atoms with Crippen LogP contribution in [0.25, 0.3) is 0 Å². The number of nitrogens with one attached hydrogen (secondary N) is 2. The van der Waals surface area contributed by atoms with Gasteiger partial charge in [0, 0.05) is 0 Å². The molecule has 11 heteroatoms. The van der Waals surface area contributed by atoms with E-state index in [0.29, 0.717) is 0 Å². The highest BCUT2D eigenvalue weighted by Crippen LogP contribution is 2.22. The fraction of sp³-hybridized carbons (Fsp3) is 0.462. The van der Waals surface area contributed by atoms with Crippen LogP contribution in [0.15, 0.2) is 17.2 Å². The molecule has 0 saturated carbocycles. The Morgan fingerprint density at radius 1 is 1.29 bits per heavy atom. The Kier molecular flexibility index (Phi) is 6.52. The summed E-state index contributed by atoms with van der Waals surface area (Å²) < 4.78 is 35.9. The predicted molar refractivity (Wildman–Crippen MR) is 86.3 cm³/mol. The molecule has 1 aromatic rings. The van der Waals surface area contributed by atoms with Crippen LogP contribution in [0.5, 0.6) is 0 Å². The van der Waals surface area contributed by atoms with Gasteiger partial charge in [-0.1, -0.05) is 11.6 Å². The summed E-state index contributed by atoms with van der Waals surface area (Å²) in [5, 5.41) is 1.63. The van der Waals surface area contributed by atoms with Crippen LogP contribution in [0.4, 0.5) is 10.5 Å². The van der Waals surface area contributed by atoms with Gasteiger partial charge in [0.2, 0.25) is 0 Å². The number of methoxy groups -OCH3 is 1. The number of esters is 1. The van der Waals surface area contributed by atoms with Gasteiger partial charge < -0.3 is 9.47 Å². The predicted octanol–water partition coefficient (Wildman–Crippen LogP) is 1.53. The number of hydrogen-bond acceptors (Lipinski definition) is 7. The molecule has 0 aliphatic rings.